The molecule has 4 aromatic rings. The summed E-state index contributed by atoms with van der Waals surface area (Å²) in [6.45, 7) is 4.20. The van der Waals surface area contributed by atoms with E-state index in [0.29, 0.717) is 86.6 Å². The van der Waals surface area contributed by atoms with Crippen LogP contribution < -0.4 is 15.0 Å². The van der Waals surface area contributed by atoms with Gasteiger partial charge in [0.15, 0.2) is 17.3 Å². The standard InChI is InChI=1S/C37H39F4N7O5/c1-20-10-21-12-22(11-20)36(14-21,34(50)51)46-33(49)28-17-42-32(45-31(28)37(39,40)41)29-18-48(24-6-9-52-19-24)30-13-26(2-3-27(29)30)53-25-4-7-47(8-5-25)35-43-15-23(38)16-44-35/h2-3,13,15-18,20-22,24-25H,4-12,14,19H2,1H3,(H,46,49)(H,50,51). The number of alkyl halides is 3. The van der Waals surface area contributed by atoms with Crippen LogP contribution in [0.2, 0.25) is 0 Å². The molecule has 2 saturated carbocycles. The molecule has 2 aliphatic heterocycles. The van der Waals surface area contributed by atoms with Gasteiger partial charge in [0, 0.05) is 61.9 Å². The number of anilines is 1. The summed E-state index contributed by atoms with van der Waals surface area (Å²) in [5.74, 6) is -2.13. The zero-order valence-electron chi connectivity index (χ0n) is 29.0. The van der Waals surface area contributed by atoms with Crippen molar-refractivity contribution >= 4 is 28.7 Å². The Balaban J connectivity index is 1.08. The number of carbonyl (C=O) groups excluding carboxylic acids is 1. The monoisotopic (exact) mass is 737 g/mol. The average molecular weight is 738 g/mol. The molecule has 0 radical (unpaired) electrons. The van der Waals surface area contributed by atoms with Crippen LogP contribution in [0.1, 0.15) is 74.0 Å². The molecule has 53 heavy (non-hydrogen) atoms. The average Bonchev–Trinajstić information content (AvgIpc) is 3.85. The minimum atomic E-state index is -5.03. The van der Waals surface area contributed by atoms with Crippen molar-refractivity contribution < 1.29 is 41.7 Å². The van der Waals surface area contributed by atoms with Crippen LogP contribution >= 0.6 is 0 Å². The van der Waals surface area contributed by atoms with Crippen molar-refractivity contribution in [2.45, 2.75) is 75.7 Å². The highest BCUT2D eigenvalue weighted by molar-refractivity contribution is 6.00. The maximum atomic E-state index is 14.7. The van der Waals surface area contributed by atoms with Crippen molar-refractivity contribution in [3.05, 3.63) is 60.1 Å². The number of benzene rings is 1. The number of halogens is 4. The molecule has 2 N–H and O–H groups in total. The highest BCUT2D eigenvalue weighted by atomic mass is 19.4. The fraction of sp³-hybridized carbons (Fsp3) is 0.514. The topological polar surface area (TPSA) is 145 Å². The van der Waals surface area contributed by atoms with Crippen LogP contribution in [0.4, 0.5) is 23.5 Å². The second-order valence-electron chi connectivity index (χ2n) is 14.9. The van der Waals surface area contributed by atoms with Crippen molar-refractivity contribution in [1.82, 2.24) is 29.8 Å². The van der Waals surface area contributed by atoms with E-state index < -0.39 is 40.7 Å². The lowest BCUT2D eigenvalue weighted by molar-refractivity contribution is -0.146. The fourth-order valence-electron chi connectivity index (χ4n) is 8.93. The van der Waals surface area contributed by atoms with Gasteiger partial charge < -0.3 is 29.4 Å². The number of fused-ring (bicyclic) bond motifs is 3. The Bertz CT molecular complexity index is 2030. The highest BCUT2D eigenvalue weighted by Gasteiger charge is 2.56. The summed E-state index contributed by atoms with van der Waals surface area (Å²) in [4.78, 5) is 44.5. The molecule has 12 nitrogen and oxygen atoms in total. The molecule has 2 saturated heterocycles. The molecule has 0 spiro atoms. The molecule has 1 amide bonds. The fourth-order valence-corrected chi connectivity index (χ4v) is 8.93. The summed E-state index contributed by atoms with van der Waals surface area (Å²) in [6.07, 6.45) is 3.87. The summed E-state index contributed by atoms with van der Waals surface area (Å²) in [5, 5.41) is 13.4. The van der Waals surface area contributed by atoms with E-state index in [1.807, 2.05) is 22.5 Å². The quantitative estimate of drug-likeness (QED) is 0.205. The van der Waals surface area contributed by atoms with Gasteiger partial charge in [-0.1, -0.05) is 6.92 Å². The maximum absolute atomic E-state index is 14.7. The van der Waals surface area contributed by atoms with Gasteiger partial charge in [-0.15, -0.1) is 0 Å². The number of aliphatic carboxylic acids is 1. The highest BCUT2D eigenvalue weighted by Crippen LogP contribution is 2.51. The molecule has 280 valence electrons. The number of piperidine rings is 1. The zero-order chi connectivity index (χ0) is 37.1. The third kappa shape index (κ3) is 6.65. The summed E-state index contributed by atoms with van der Waals surface area (Å²) >= 11 is 0. The Morgan fingerprint density at radius 1 is 1.06 bits per heavy atom. The van der Waals surface area contributed by atoms with Gasteiger partial charge in [-0.2, -0.15) is 13.2 Å². The van der Waals surface area contributed by atoms with Gasteiger partial charge >= 0.3 is 12.1 Å². The molecule has 4 fully saturated rings. The molecule has 2 bridgehead atoms. The first-order chi connectivity index (χ1) is 25.4. The van der Waals surface area contributed by atoms with E-state index in [4.69, 9.17) is 9.47 Å². The van der Waals surface area contributed by atoms with Gasteiger partial charge in [0.05, 0.1) is 36.1 Å². The zero-order valence-corrected chi connectivity index (χ0v) is 29.0. The summed E-state index contributed by atoms with van der Waals surface area (Å²) in [7, 11) is 0. The molecule has 1 aromatic carbocycles. The Morgan fingerprint density at radius 3 is 2.53 bits per heavy atom. The second kappa shape index (κ2) is 13.5. The first-order valence-electron chi connectivity index (χ1n) is 18.0. The van der Waals surface area contributed by atoms with E-state index in [1.165, 1.54) is 0 Å². The van der Waals surface area contributed by atoms with Gasteiger partial charge in [-0.05, 0) is 62.0 Å². The molecule has 5 atom stereocenters. The molecule has 3 aromatic heterocycles. The van der Waals surface area contributed by atoms with Crippen molar-refractivity contribution in [3.63, 3.8) is 0 Å². The Kier molecular flexibility index (Phi) is 8.98. The number of nitrogens with one attached hydrogen (secondary N) is 1. The van der Waals surface area contributed by atoms with Crippen molar-refractivity contribution in [3.8, 4) is 17.1 Å². The largest absolute Gasteiger partial charge is 0.490 e. The van der Waals surface area contributed by atoms with Crippen molar-refractivity contribution in [2.75, 3.05) is 31.2 Å². The Labute approximate surface area is 301 Å². The van der Waals surface area contributed by atoms with Crippen molar-refractivity contribution in [1.29, 1.82) is 0 Å². The number of hydrogen-bond donors (Lipinski definition) is 2. The van der Waals surface area contributed by atoms with Crippen LogP contribution in [0.3, 0.4) is 0 Å². The van der Waals surface area contributed by atoms with Gasteiger partial charge in [0.1, 0.15) is 17.4 Å². The number of carbonyl (C=O) groups is 2. The molecule has 2 aliphatic carbocycles. The first kappa shape index (κ1) is 35.2. The normalized spacial score (nSPS) is 26.2. The van der Waals surface area contributed by atoms with E-state index in [2.05, 4.69) is 25.3 Å². The third-order valence-electron chi connectivity index (χ3n) is 11.3. The van der Waals surface area contributed by atoms with Crippen molar-refractivity contribution in [2.24, 2.45) is 17.8 Å². The van der Waals surface area contributed by atoms with Crippen LogP contribution in [0, 0.1) is 23.6 Å². The minimum absolute atomic E-state index is 0.0744. The van der Waals surface area contributed by atoms with Crippen LogP contribution in [-0.2, 0) is 15.7 Å². The van der Waals surface area contributed by atoms with E-state index in [0.717, 1.165) is 25.0 Å². The molecular formula is C37H39F4N7O5. The molecule has 8 rings (SSSR count). The lowest BCUT2D eigenvalue weighted by atomic mass is 9.78. The predicted molar refractivity (Wildman–Crippen MR) is 183 cm³/mol. The van der Waals surface area contributed by atoms with Gasteiger partial charge in [0.25, 0.3) is 5.91 Å². The summed E-state index contributed by atoms with van der Waals surface area (Å²) in [5.41, 5.74) is -2.87. The lowest BCUT2D eigenvalue weighted by Gasteiger charge is -2.33. The number of carboxylic acids is 1. The summed E-state index contributed by atoms with van der Waals surface area (Å²) in [6, 6.07) is 5.28. The van der Waals surface area contributed by atoms with Crippen LogP contribution in [0.25, 0.3) is 22.3 Å². The number of nitrogens with zero attached hydrogens (tertiary/aromatic N) is 6. The molecule has 5 unspecified atom stereocenters. The van der Waals surface area contributed by atoms with E-state index in [1.54, 1.807) is 18.3 Å². The number of amides is 1. The van der Waals surface area contributed by atoms with Gasteiger partial charge in [-0.3, -0.25) is 4.79 Å². The number of rotatable bonds is 8. The van der Waals surface area contributed by atoms with E-state index in [-0.39, 0.29) is 42.1 Å². The molecule has 5 heterocycles. The maximum Gasteiger partial charge on any atom is 0.434 e. The molecule has 4 aliphatic rings. The minimum Gasteiger partial charge on any atom is -0.490 e. The Morgan fingerprint density at radius 2 is 1.83 bits per heavy atom. The summed E-state index contributed by atoms with van der Waals surface area (Å²) < 4.78 is 71.3. The number of carboxylic acid groups (broad SMARTS) is 1. The lowest BCUT2D eigenvalue weighted by Crippen LogP contribution is -2.57. The molecule has 16 heteroatoms. The first-order valence-corrected chi connectivity index (χ1v) is 18.0. The number of ether oxygens (including phenoxy) is 2. The van der Waals surface area contributed by atoms with Crippen LogP contribution in [0.15, 0.2) is 43.0 Å². The van der Waals surface area contributed by atoms with Gasteiger partial charge in [-0.25, -0.2) is 29.1 Å². The predicted octanol–water partition coefficient (Wildman–Crippen LogP) is 6.06. The van der Waals surface area contributed by atoms with Crippen LogP contribution in [0.5, 0.6) is 5.75 Å². The van der Waals surface area contributed by atoms with Crippen LogP contribution in [-0.4, -0.2) is 79.4 Å². The number of aromatic nitrogens is 5. The number of hydrogen-bond acceptors (Lipinski definition) is 9. The SMILES string of the molecule is CC1CC2CC(C1)C(NC(=O)c1cnc(-c3cn(C4CCOC4)c4cc(OC5CCN(c6ncc(F)cn6)CC5)ccc34)nc1C(F)(F)F)(C(=O)O)C2. The van der Waals surface area contributed by atoms with Gasteiger partial charge in [0.2, 0.25) is 5.95 Å². The van der Waals surface area contributed by atoms with E-state index in [9.17, 15) is 32.3 Å². The smallest absolute Gasteiger partial charge is 0.434 e. The Hall–Kier alpha value is -4.86. The second-order valence-corrected chi connectivity index (χ2v) is 14.9. The van der Waals surface area contributed by atoms with E-state index >= 15 is 0 Å². The molecular weight excluding hydrogens is 698 g/mol. The third-order valence-corrected chi connectivity index (χ3v) is 11.3.